The first kappa shape index (κ1) is 17.7. The standard InChI is InChI=1S/C21H21NO4/c1-4-25-19-11-15-16(21(23)24)10-17(14-8-6-13(3)7-9-14)22-18(15)12-20(19)26-5-2/h6-12H,4-5H2,1-3H3,(H,23,24). The Hall–Kier alpha value is -3.08. The minimum Gasteiger partial charge on any atom is -0.490 e. The zero-order valence-electron chi connectivity index (χ0n) is 15.1. The number of aromatic nitrogens is 1. The van der Waals surface area contributed by atoms with E-state index in [1.165, 1.54) is 0 Å². The summed E-state index contributed by atoms with van der Waals surface area (Å²) in [6.07, 6.45) is 0. The minimum absolute atomic E-state index is 0.189. The van der Waals surface area contributed by atoms with Gasteiger partial charge in [-0.15, -0.1) is 0 Å². The van der Waals surface area contributed by atoms with Crippen molar-refractivity contribution in [2.75, 3.05) is 13.2 Å². The van der Waals surface area contributed by atoms with Crippen LogP contribution >= 0.6 is 0 Å². The Morgan fingerprint density at radius 3 is 2.19 bits per heavy atom. The maximum Gasteiger partial charge on any atom is 0.336 e. The van der Waals surface area contributed by atoms with E-state index in [1.807, 2.05) is 45.0 Å². The van der Waals surface area contributed by atoms with Crippen molar-refractivity contribution in [2.24, 2.45) is 0 Å². The van der Waals surface area contributed by atoms with Crippen molar-refractivity contribution in [3.05, 3.63) is 53.6 Å². The zero-order valence-corrected chi connectivity index (χ0v) is 15.1. The fraction of sp³-hybridized carbons (Fsp3) is 0.238. The van der Waals surface area contributed by atoms with E-state index in [1.54, 1.807) is 18.2 Å². The smallest absolute Gasteiger partial charge is 0.336 e. The molecule has 3 rings (SSSR count). The van der Waals surface area contributed by atoms with Crippen LogP contribution in [0.15, 0.2) is 42.5 Å². The lowest BCUT2D eigenvalue weighted by Gasteiger charge is -2.14. The number of hydrogen-bond acceptors (Lipinski definition) is 4. The number of rotatable bonds is 6. The second kappa shape index (κ2) is 7.44. The quantitative estimate of drug-likeness (QED) is 0.697. The summed E-state index contributed by atoms with van der Waals surface area (Å²) in [5.74, 6) is 0.0818. The van der Waals surface area contributed by atoms with E-state index in [9.17, 15) is 9.90 Å². The molecule has 3 aromatic rings. The molecule has 2 aromatic carbocycles. The van der Waals surface area contributed by atoms with Crippen molar-refractivity contribution in [1.29, 1.82) is 0 Å². The van der Waals surface area contributed by atoms with Gasteiger partial charge in [-0.1, -0.05) is 29.8 Å². The maximum atomic E-state index is 11.8. The second-order valence-electron chi connectivity index (χ2n) is 5.91. The van der Waals surface area contributed by atoms with Crippen LogP contribution in [0.1, 0.15) is 29.8 Å². The molecule has 1 N–H and O–H groups in total. The predicted octanol–water partition coefficient (Wildman–Crippen LogP) is 4.71. The highest BCUT2D eigenvalue weighted by molar-refractivity contribution is 6.04. The van der Waals surface area contributed by atoms with Gasteiger partial charge in [0.2, 0.25) is 0 Å². The molecule has 0 aliphatic carbocycles. The van der Waals surface area contributed by atoms with Gasteiger partial charge in [-0.2, -0.15) is 0 Å². The first-order chi connectivity index (χ1) is 12.5. The van der Waals surface area contributed by atoms with E-state index in [-0.39, 0.29) is 5.56 Å². The van der Waals surface area contributed by atoms with Crippen molar-refractivity contribution >= 4 is 16.9 Å². The highest BCUT2D eigenvalue weighted by Gasteiger charge is 2.17. The molecule has 1 aromatic heterocycles. The molecule has 0 bridgehead atoms. The SMILES string of the molecule is CCOc1cc2nc(-c3ccc(C)cc3)cc(C(=O)O)c2cc1OCC. The van der Waals surface area contributed by atoms with Gasteiger partial charge in [0.05, 0.1) is 30.0 Å². The van der Waals surface area contributed by atoms with Crippen molar-refractivity contribution in [3.63, 3.8) is 0 Å². The molecule has 0 radical (unpaired) electrons. The Bertz CT molecular complexity index is 948. The number of fused-ring (bicyclic) bond motifs is 1. The van der Waals surface area contributed by atoms with Crippen LogP contribution in [-0.2, 0) is 0 Å². The van der Waals surface area contributed by atoms with E-state index < -0.39 is 5.97 Å². The van der Waals surface area contributed by atoms with Gasteiger partial charge in [0.1, 0.15) is 0 Å². The van der Waals surface area contributed by atoms with Gasteiger partial charge in [-0.3, -0.25) is 0 Å². The number of carbonyl (C=O) groups is 1. The summed E-state index contributed by atoms with van der Waals surface area (Å²) < 4.78 is 11.3. The van der Waals surface area contributed by atoms with Gasteiger partial charge >= 0.3 is 5.97 Å². The summed E-state index contributed by atoms with van der Waals surface area (Å²) in [6.45, 7) is 6.71. The van der Waals surface area contributed by atoms with Gasteiger partial charge in [0, 0.05) is 17.0 Å². The van der Waals surface area contributed by atoms with Crippen molar-refractivity contribution in [3.8, 4) is 22.8 Å². The zero-order chi connectivity index (χ0) is 18.7. The number of benzene rings is 2. The highest BCUT2D eigenvalue weighted by Crippen LogP contribution is 2.35. The lowest BCUT2D eigenvalue weighted by Crippen LogP contribution is -2.03. The largest absolute Gasteiger partial charge is 0.490 e. The molecule has 0 aliphatic heterocycles. The average Bonchev–Trinajstić information content (AvgIpc) is 2.62. The predicted molar refractivity (Wildman–Crippen MR) is 101 cm³/mol. The average molecular weight is 351 g/mol. The molecule has 134 valence electrons. The molecule has 26 heavy (non-hydrogen) atoms. The number of carboxylic acid groups (broad SMARTS) is 1. The van der Waals surface area contributed by atoms with Crippen LogP contribution < -0.4 is 9.47 Å². The molecule has 0 unspecified atom stereocenters. The van der Waals surface area contributed by atoms with E-state index in [4.69, 9.17) is 9.47 Å². The fourth-order valence-electron chi connectivity index (χ4n) is 2.82. The molecular weight excluding hydrogens is 330 g/mol. The van der Waals surface area contributed by atoms with Crippen LogP contribution in [-0.4, -0.2) is 29.3 Å². The number of aromatic carboxylic acids is 1. The summed E-state index contributed by atoms with van der Waals surface area (Å²) >= 11 is 0. The Kier molecular flexibility index (Phi) is 5.07. The highest BCUT2D eigenvalue weighted by atomic mass is 16.5. The Morgan fingerprint density at radius 1 is 1.00 bits per heavy atom. The van der Waals surface area contributed by atoms with Crippen molar-refractivity contribution in [1.82, 2.24) is 4.98 Å². The Morgan fingerprint density at radius 2 is 1.62 bits per heavy atom. The molecular formula is C21H21NO4. The molecule has 5 nitrogen and oxygen atoms in total. The third-order valence-electron chi connectivity index (χ3n) is 4.05. The summed E-state index contributed by atoms with van der Waals surface area (Å²) in [6, 6.07) is 12.9. The summed E-state index contributed by atoms with van der Waals surface area (Å²) in [7, 11) is 0. The first-order valence-electron chi connectivity index (χ1n) is 8.58. The molecule has 0 aliphatic rings. The number of carboxylic acids is 1. The van der Waals surface area contributed by atoms with Gasteiger partial charge in [-0.25, -0.2) is 9.78 Å². The summed E-state index contributed by atoms with van der Waals surface area (Å²) in [5.41, 5.74) is 3.36. The van der Waals surface area contributed by atoms with Gasteiger partial charge < -0.3 is 14.6 Å². The molecule has 5 heteroatoms. The topological polar surface area (TPSA) is 68.7 Å². The Balaban J connectivity index is 2.25. The van der Waals surface area contributed by atoms with Crippen LogP contribution in [0.4, 0.5) is 0 Å². The van der Waals surface area contributed by atoms with Crippen LogP contribution in [0.5, 0.6) is 11.5 Å². The minimum atomic E-state index is -1.00. The molecule has 0 saturated carbocycles. The van der Waals surface area contributed by atoms with E-state index in [0.717, 1.165) is 11.1 Å². The van der Waals surface area contributed by atoms with Gasteiger partial charge in [0.25, 0.3) is 0 Å². The van der Waals surface area contributed by atoms with Crippen LogP contribution in [0.25, 0.3) is 22.2 Å². The van der Waals surface area contributed by atoms with Crippen molar-refractivity contribution in [2.45, 2.75) is 20.8 Å². The molecule has 0 amide bonds. The molecule has 0 atom stereocenters. The fourth-order valence-corrected chi connectivity index (χ4v) is 2.82. The number of hydrogen-bond donors (Lipinski definition) is 1. The number of pyridine rings is 1. The summed E-state index contributed by atoms with van der Waals surface area (Å²) in [4.78, 5) is 16.5. The second-order valence-corrected chi connectivity index (χ2v) is 5.91. The third kappa shape index (κ3) is 3.47. The van der Waals surface area contributed by atoms with E-state index in [2.05, 4.69) is 4.98 Å². The van der Waals surface area contributed by atoms with Crippen molar-refractivity contribution < 1.29 is 19.4 Å². The van der Waals surface area contributed by atoms with Crippen LogP contribution in [0, 0.1) is 6.92 Å². The number of ether oxygens (including phenoxy) is 2. The number of aryl methyl sites for hydroxylation is 1. The molecule has 1 heterocycles. The third-order valence-corrected chi connectivity index (χ3v) is 4.05. The maximum absolute atomic E-state index is 11.8. The Labute approximate surface area is 152 Å². The lowest BCUT2D eigenvalue weighted by molar-refractivity contribution is 0.0699. The monoisotopic (exact) mass is 351 g/mol. The van der Waals surface area contributed by atoms with Crippen LogP contribution in [0.3, 0.4) is 0 Å². The summed E-state index contributed by atoms with van der Waals surface area (Å²) in [5, 5.41) is 10.2. The first-order valence-corrected chi connectivity index (χ1v) is 8.58. The van der Waals surface area contributed by atoms with Gasteiger partial charge in [-0.05, 0) is 32.9 Å². The van der Waals surface area contributed by atoms with E-state index in [0.29, 0.717) is 41.3 Å². The number of nitrogens with zero attached hydrogens (tertiary/aromatic N) is 1. The molecule has 0 saturated heterocycles. The van der Waals surface area contributed by atoms with Gasteiger partial charge in [0.15, 0.2) is 11.5 Å². The normalized spacial score (nSPS) is 10.7. The molecule has 0 spiro atoms. The van der Waals surface area contributed by atoms with Crippen LogP contribution in [0.2, 0.25) is 0 Å². The molecule has 0 fully saturated rings. The lowest BCUT2D eigenvalue weighted by atomic mass is 10.0. The van der Waals surface area contributed by atoms with E-state index >= 15 is 0 Å².